The molecule has 154 valence electrons. The normalized spacial score (nSPS) is 19.1. The van der Waals surface area contributed by atoms with Crippen molar-refractivity contribution in [1.29, 1.82) is 0 Å². The van der Waals surface area contributed by atoms with Crippen molar-refractivity contribution in [3.63, 3.8) is 0 Å². The number of imidazole rings is 1. The highest BCUT2D eigenvalue weighted by atomic mass is 16.5. The summed E-state index contributed by atoms with van der Waals surface area (Å²) in [5.74, 6) is 1.09. The summed E-state index contributed by atoms with van der Waals surface area (Å²) in [4.78, 5) is 16.9. The Balaban J connectivity index is 1.36. The van der Waals surface area contributed by atoms with Crippen molar-refractivity contribution in [1.82, 2.24) is 25.4 Å². The third-order valence-electron chi connectivity index (χ3n) is 5.02. The van der Waals surface area contributed by atoms with Gasteiger partial charge in [0.25, 0.3) is 5.91 Å². The molecule has 0 bridgehead atoms. The quantitative estimate of drug-likeness (QED) is 0.589. The molecule has 30 heavy (non-hydrogen) atoms. The molecule has 1 atom stereocenters. The maximum absolute atomic E-state index is 12.5. The van der Waals surface area contributed by atoms with Crippen LogP contribution in [-0.2, 0) is 4.74 Å². The van der Waals surface area contributed by atoms with E-state index >= 15 is 0 Å². The van der Waals surface area contributed by atoms with Gasteiger partial charge in [0.1, 0.15) is 5.82 Å². The van der Waals surface area contributed by atoms with Crippen LogP contribution in [0.3, 0.4) is 0 Å². The molecule has 0 radical (unpaired) electrons. The molecule has 2 aliphatic heterocycles. The van der Waals surface area contributed by atoms with E-state index in [0.717, 1.165) is 31.9 Å². The van der Waals surface area contributed by atoms with Crippen molar-refractivity contribution in [3.8, 4) is 0 Å². The second-order valence-electron chi connectivity index (χ2n) is 7.03. The van der Waals surface area contributed by atoms with Gasteiger partial charge in [0.15, 0.2) is 11.5 Å². The monoisotopic (exact) mass is 407 g/mol. The van der Waals surface area contributed by atoms with E-state index in [1.807, 2.05) is 30.3 Å². The minimum Gasteiger partial charge on any atom is -0.381 e. The molecule has 1 saturated heterocycles. The first-order valence-corrected chi connectivity index (χ1v) is 9.78. The first-order chi connectivity index (χ1) is 14.8. The van der Waals surface area contributed by atoms with Crippen molar-refractivity contribution in [3.05, 3.63) is 54.2 Å². The second kappa shape index (κ2) is 7.95. The van der Waals surface area contributed by atoms with E-state index in [0.29, 0.717) is 23.1 Å². The molecule has 1 fully saturated rings. The number of carbonyl (C=O) groups is 1. The van der Waals surface area contributed by atoms with E-state index in [2.05, 4.69) is 36.6 Å². The van der Waals surface area contributed by atoms with E-state index in [4.69, 9.17) is 4.74 Å². The summed E-state index contributed by atoms with van der Waals surface area (Å²) in [6.07, 6.45) is 2.81. The zero-order valence-corrected chi connectivity index (χ0v) is 16.1. The maximum Gasteiger partial charge on any atom is 0.254 e. The van der Waals surface area contributed by atoms with Gasteiger partial charge in [-0.1, -0.05) is 23.4 Å². The fraction of sp³-hybridized carbons (Fsp3) is 0.316. The van der Waals surface area contributed by atoms with Gasteiger partial charge in [-0.25, -0.2) is 9.99 Å². The number of fused-ring (bicyclic) bond motifs is 1. The lowest BCUT2D eigenvalue weighted by molar-refractivity contribution is 0.0903. The van der Waals surface area contributed by atoms with Gasteiger partial charge in [-0.3, -0.25) is 4.79 Å². The largest absolute Gasteiger partial charge is 0.381 e. The molecule has 4 heterocycles. The van der Waals surface area contributed by atoms with Crippen molar-refractivity contribution in [2.24, 2.45) is 10.3 Å². The predicted molar refractivity (Wildman–Crippen MR) is 109 cm³/mol. The van der Waals surface area contributed by atoms with Crippen molar-refractivity contribution < 1.29 is 9.53 Å². The number of benzene rings is 1. The molecule has 1 unspecified atom stereocenters. The van der Waals surface area contributed by atoms with Crippen LogP contribution in [-0.4, -0.2) is 46.1 Å². The molecule has 3 N–H and O–H groups in total. The standard InChI is InChI=1S/C19H21N9O2/c29-18(13-4-2-1-3-5-13)22-19-23-25-26-28(19)17-12-20-16-7-6-15(24-27(16)17)21-14-8-10-30-11-9-14/h1-7,12,14,19H,8-11H2,(H,21,24)(H,22,29)(H,23,26). The summed E-state index contributed by atoms with van der Waals surface area (Å²) in [5, 5.41) is 20.5. The number of ether oxygens (including phenoxy) is 1. The van der Waals surface area contributed by atoms with Crippen LogP contribution in [0.2, 0.25) is 0 Å². The summed E-state index contributed by atoms with van der Waals surface area (Å²) in [7, 11) is 0. The number of nitrogens with one attached hydrogen (secondary N) is 3. The number of amides is 1. The molecule has 11 heteroatoms. The van der Waals surface area contributed by atoms with Crippen LogP contribution < -0.4 is 21.2 Å². The lowest BCUT2D eigenvalue weighted by atomic mass is 10.1. The van der Waals surface area contributed by atoms with Gasteiger partial charge < -0.3 is 15.4 Å². The average molecular weight is 407 g/mol. The Morgan fingerprint density at radius 3 is 2.80 bits per heavy atom. The summed E-state index contributed by atoms with van der Waals surface area (Å²) in [6.45, 7) is 1.50. The summed E-state index contributed by atoms with van der Waals surface area (Å²) >= 11 is 0. The zero-order chi connectivity index (χ0) is 20.3. The van der Waals surface area contributed by atoms with Crippen LogP contribution in [0.5, 0.6) is 0 Å². The molecule has 1 amide bonds. The number of nitrogens with zero attached hydrogens (tertiary/aromatic N) is 6. The lowest BCUT2D eigenvalue weighted by Gasteiger charge is -2.24. The molecule has 1 aromatic carbocycles. The van der Waals surface area contributed by atoms with Crippen molar-refractivity contribution >= 4 is 23.2 Å². The van der Waals surface area contributed by atoms with Gasteiger partial charge in [-0.2, -0.15) is 10.1 Å². The van der Waals surface area contributed by atoms with E-state index in [9.17, 15) is 4.79 Å². The Bertz CT molecular complexity index is 1060. The molecule has 3 aromatic rings. The van der Waals surface area contributed by atoms with Crippen LogP contribution in [0.15, 0.2) is 59.0 Å². The summed E-state index contributed by atoms with van der Waals surface area (Å²) in [6, 6.07) is 13.1. The first-order valence-electron chi connectivity index (χ1n) is 9.78. The number of anilines is 2. The summed E-state index contributed by atoms with van der Waals surface area (Å²) in [5.41, 5.74) is 4.01. The molecule has 11 nitrogen and oxygen atoms in total. The minimum atomic E-state index is -0.730. The smallest absolute Gasteiger partial charge is 0.254 e. The third kappa shape index (κ3) is 3.62. The number of aromatic nitrogens is 3. The SMILES string of the molecule is O=C(NC1N=NNN1c1cnc2ccc(NC3CCOCC3)nn12)c1ccccc1. The fourth-order valence-corrected chi connectivity index (χ4v) is 3.45. The number of hydrogen-bond donors (Lipinski definition) is 3. The number of hydrogen-bond acceptors (Lipinski definition) is 9. The minimum absolute atomic E-state index is 0.253. The Morgan fingerprint density at radius 2 is 1.97 bits per heavy atom. The van der Waals surface area contributed by atoms with Crippen LogP contribution in [0.4, 0.5) is 11.6 Å². The summed E-state index contributed by atoms with van der Waals surface area (Å²) < 4.78 is 7.10. The Labute approximate surface area is 172 Å². The van der Waals surface area contributed by atoms with Gasteiger partial charge in [-0.05, 0) is 37.1 Å². The average Bonchev–Trinajstić information content (AvgIpc) is 3.41. The highest BCUT2D eigenvalue weighted by Gasteiger charge is 2.28. The van der Waals surface area contributed by atoms with Gasteiger partial charge in [0.05, 0.1) is 6.20 Å². The van der Waals surface area contributed by atoms with Gasteiger partial charge in [-0.15, -0.1) is 10.2 Å². The van der Waals surface area contributed by atoms with E-state index in [1.165, 1.54) is 0 Å². The first kappa shape index (κ1) is 18.3. The topological polar surface area (TPSA) is 121 Å². The number of hydrazine groups is 1. The molecule has 0 spiro atoms. The van der Waals surface area contributed by atoms with E-state index in [-0.39, 0.29) is 5.91 Å². The van der Waals surface area contributed by atoms with Crippen LogP contribution in [0, 0.1) is 0 Å². The number of carbonyl (C=O) groups excluding carboxylic acids is 1. The predicted octanol–water partition coefficient (Wildman–Crippen LogP) is 1.73. The lowest BCUT2D eigenvalue weighted by Crippen LogP contribution is -2.49. The van der Waals surface area contributed by atoms with Crippen molar-refractivity contribution in [2.75, 3.05) is 23.5 Å². The molecule has 2 aromatic heterocycles. The van der Waals surface area contributed by atoms with Crippen LogP contribution in [0.25, 0.3) is 5.65 Å². The highest BCUT2D eigenvalue weighted by Crippen LogP contribution is 2.21. The fourth-order valence-electron chi connectivity index (χ4n) is 3.45. The van der Waals surface area contributed by atoms with Gasteiger partial charge >= 0.3 is 0 Å². The molecule has 5 rings (SSSR count). The molecular weight excluding hydrogens is 386 g/mol. The Hall–Kier alpha value is -3.73. The third-order valence-corrected chi connectivity index (χ3v) is 5.02. The number of rotatable bonds is 5. The van der Waals surface area contributed by atoms with Crippen LogP contribution in [0.1, 0.15) is 23.2 Å². The molecule has 2 aliphatic rings. The van der Waals surface area contributed by atoms with Gasteiger partial charge in [0.2, 0.25) is 6.29 Å². The van der Waals surface area contributed by atoms with E-state index < -0.39 is 6.29 Å². The molecule has 0 saturated carbocycles. The Kier molecular flexibility index (Phi) is 4.85. The van der Waals surface area contributed by atoms with Gasteiger partial charge in [0, 0.05) is 24.8 Å². The highest BCUT2D eigenvalue weighted by molar-refractivity contribution is 5.94. The zero-order valence-electron chi connectivity index (χ0n) is 16.1. The van der Waals surface area contributed by atoms with Crippen molar-refractivity contribution in [2.45, 2.75) is 25.2 Å². The molecular formula is C19H21N9O2. The second-order valence-corrected chi connectivity index (χ2v) is 7.03. The Morgan fingerprint density at radius 1 is 1.13 bits per heavy atom. The maximum atomic E-state index is 12.5. The van der Waals surface area contributed by atoms with Crippen LogP contribution >= 0.6 is 0 Å². The van der Waals surface area contributed by atoms with E-state index in [1.54, 1.807) is 27.9 Å². The molecule has 0 aliphatic carbocycles.